The molecular formula is C15H25FN2. The lowest BCUT2D eigenvalue weighted by molar-refractivity contribution is 0.189. The molecule has 0 spiro atoms. The Morgan fingerprint density at radius 3 is 2.50 bits per heavy atom. The standard InChI is InChI=1S/C15H25FN2/c1-4-8-14(17)15(5-2)18(3)11-12-9-6-7-10-13(12)16/h6-7,9-10,14-15H,4-5,8,11,17H2,1-3H3. The van der Waals surface area contributed by atoms with E-state index in [1.807, 2.05) is 19.2 Å². The van der Waals surface area contributed by atoms with Crippen molar-refractivity contribution in [1.29, 1.82) is 0 Å². The summed E-state index contributed by atoms with van der Waals surface area (Å²) in [6.07, 6.45) is 3.09. The molecule has 2 atom stereocenters. The SMILES string of the molecule is CCCC(N)C(CC)N(C)Cc1ccccc1F. The molecule has 1 rings (SSSR count). The molecule has 0 saturated carbocycles. The first kappa shape index (κ1) is 15.1. The largest absolute Gasteiger partial charge is 0.326 e. The summed E-state index contributed by atoms with van der Waals surface area (Å²) in [6, 6.07) is 7.42. The Bertz CT molecular complexity index is 354. The first-order valence-corrected chi connectivity index (χ1v) is 6.79. The van der Waals surface area contributed by atoms with E-state index in [-0.39, 0.29) is 11.9 Å². The minimum absolute atomic E-state index is 0.136. The predicted molar refractivity (Wildman–Crippen MR) is 74.8 cm³/mol. The molecule has 0 radical (unpaired) electrons. The van der Waals surface area contributed by atoms with E-state index in [1.165, 1.54) is 6.07 Å². The molecule has 3 heteroatoms. The van der Waals surface area contributed by atoms with Crippen LogP contribution in [0.2, 0.25) is 0 Å². The summed E-state index contributed by atoms with van der Waals surface area (Å²) in [5.41, 5.74) is 6.93. The lowest BCUT2D eigenvalue weighted by Gasteiger charge is -2.32. The zero-order valence-electron chi connectivity index (χ0n) is 11.7. The number of likely N-dealkylation sites (N-methyl/N-ethyl adjacent to an activating group) is 1. The second-order valence-electron chi connectivity index (χ2n) is 4.93. The monoisotopic (exact) mass is 252 g/mol. The maximum atomic E-state index is 13.6. The fraction of sp³-hybridized carbons (Fsp3) is 0.600. The first-order chi connectivity index (χ1) is 8.60. The van der Waals surface area contributed by atoms with Crippen molar-refractivity contribution < 1.29 is 4.39 Å². The number of rotatable bonds is 7. The van der Waals surface area contributed by atoms with Gasteiger partial charge in [0.1, 0.15) is 5.82 Å². The molecule has 0 aliphatic carbocycles. The maximum absolute atomic E-state index is 13.6. The highest BCUT2D eigenvalue weighted by molar-refractivity contribution is 5.17. The minimum Gasteiger partial charge on any atom is -0.326 e. The molecule has 2 nitrogen and oxygen atoms in total. The summed E-state index contributed by atoms with van der Waals surface area (Å²) in [6.45, 7) is 4.89. The van der Waals surface area contributed by atoms with Gasteiger partial charge in [0.2, 0.25) is 0 Å². The van der Waals surface area contributed by atoms with E-state index >= 15 is 0 Å². The van der Waals surface area contributed by atoms with Crippen molar-refractivity contribution in [2.45, 2.75) is 51.7 Å². The molecule has 1 aromatic carbocycles. The summed E-state index contributed by atoms with van der Waals surface area (Å²) >= 11 is 0. The van der Waals surface area contributed by atoms with Gasteiger partial charge in [-0.25, -0.2) is 4.39 Å². The highest BCUT2D eigenvalue weighted by Gasteiger charge is 2.20. The molecule has 0 aromatic heterocycles. The quantitative estimate of drug-likeness (QED) is 0.807. The van der Waals surface area contributed by atoms with Gasteiger partial charge in [-0.1, -0.05) is 38.5 Å². The normalized spacial score (nSPS) is 14.8. The second kappa shape index (κ2) is 7.49. The topological polar surface area (TPSA) is 29.3 Å². The van der Waals surface area contributed by atoms with Gasteiger partial charge >= 0.3 is 0 Å². The summed E-state index contributed by atoms with van der Waals surface area (Å²) < 4.78 is 13.6. The molecule has 0 heterocycles. The van der Waals surface area contributed by atoms with Crippen LogP contribution in [0.3, 0.4) is 0 Å². The van der Waals surface area contributed by atoms with Crippen LogP contribution in [-0.2, 0) is 6.54 Å². The molecule has 0 amide bonds. The number of nitrogens with two attached hydrogens (primary N) is 1. The average molecular weight is 252 g/mol. The molecule has 0 fully saturated rings. The molecule has 0 aliphatic rings. The van der Waals surface area contributed by atoms with Gasteiger partial charge in [-0.3, -0.25) is 4.90 Å². The third-order valence-corrected chi connectivity index (χ3v) is 3.48. The van der Waals surface area contributed by atoms with Gasteiger partial charge < -0.3 is 5.73 Å². The Kier molecular flexibility index (Phi) is 6.30. The Hall–Kier alpha value is -0.930. The lowest BCUT2D eigenvalue weighted by atomic mass is 10.00. The number of halogens is 1. The summed E-state index contributed by atoms with van der Waals surface area (Å²) in [5, 5.41) is 0. The highest BCUT2D eigenvalue weighted by atomic mass is 19.1. The van der Waals surface area contributed by atoms with Crippen molar-refractivity contribution in [2.24, 2.45) is 5.73 Å². The minimum atomic E-state index is -0.136. The van der Waals surface area contributed by atoms with Gasteiger partial charge in [-0.2, -0.15) is 0 Å². The molecular weight excluding hydrogens is 227 g/mol. The molecule has 2 N–H and O–H groups in total. The molecule has 102 valence electrons. The van der Waals surface area contributed by atoms with E-state index in [0.717, 1.165) is 24.8 Å². The summed E-state index contributed by atoms with van der Waals surface area (Å²) in [4.78, 5) is 2.17. The zero-order chi connectivity index (χ0) is 13.5. The van der Waals surface area contributed by atoms with Crippen molar-refractivity contribution >= 4 is 0 Å². The lowest BCUT2D eigenvalue weighted by Crippen LogP contribution is -2.45. The van der Waals surface area contributed by atoms with Gasteiger partial charge in [-0.15, -0.1) is 0 Å². The van der Waals surface area contributed by atoms with Gasteiger partial charge in [0.05, 0.1) is 0 Å². The number of benzene rings is 1. The van der Waals surface area contributed by atoms with Gasteiger partial charge in [0.25, 0.3) is 0 Å². The van der Waals surface area contributed by atoms with Crippen LogP contribution >= 0.6 is 0 Å². The zero-order valence-corrected chi connectivity index (χ0v) is 11.7. The summed E-state index contributed by atoms with van der Waals surface area (Å²) in [5.74, 6) is -0.136. The number of hydrogen-bond acceptors (Lipinski definition) is 2. The Morgan fingerprint density at radius 2 is 1.94 bits per heavy atom. The average Bonchev–Trinajstić information content (AvgIpc) is 2.33. The van der Waals surface area contributed by atoms with Crippen LogP contribution in [0.15, 0.2) is 24.3 Å². The van der Waals surface area contributed by atoms with Crippen LogP contribution in [0.4, 0.5) is 4.39 Å². The number of hydrogen-bond donors (Lipinski definition) is 1. The molecule has 0 saturated heterocycles. The smallest absolute Gasteiger partial charge is 0.127 e. The van der Waals surface area contributed by atoms with E-state index in [4.69, 9.17) is 5.73 Å². The van der Waals surface area contributed by atoms with E-state index < -0.39 is 0 Å². The van der Waals surface area contributed by atoms with Crippen molar-refractivity contribution in [3.8, 4) is 0 Å². The predicted octanol–water partition coefficient (Wildman–Crippen LogP) is 3.16. The van der Waals surface area contributed by atoms with Crippen LogP contribution in [0.25, 0.3) is 0 Å². The van der Waals surface area contributed by atoms with Gasteiger partial charge in [-0.05, 0) is 26.0 Å². The van der Waals surface area contributed by atoms with Gasteiger partial charge in [0, 0.05) is 24.2 Å². The molecule has 1 aromatic rings. The maximum Gasteiger partial charge on any atom is 0.127 e. The molecule has 0 bridgehead atoms. The highest BCUT2D eigenvalue weighted by Crippen LogP contribution is 2.15. The van der Waals surface area contributed by atoms with Crippen LogP contribution in [0.5, 0.6) is 0 Å². The Morgan fingerprint density at radius 1 is 1.28 bits per heavy atom. The fourth-order valence-corrected chi connectivity index (χ4v) is 2.48. The van der Waals surface area contributed by atoms with Crippen molar-refractivity contribution in [2.75, 3.05) is 7.05 Å². The summed E-state index contributed by atoms with van der Waals surface area (Å²) in [7, 11) is 2.02. The van der Waals surface area contributed by atoms with Crippen molar-refractivity contribution in [3.05, 3.63) is 35.6 Å². The molecule has 2 unspecified atom stereocenters. The van der Waals surface area contributed by atoms with E-state index in [1.54, 1.807) is 6.07 Å². The van der Waals surface area contributed by atoms with Crippen molar-refractivity contribution in [1.82, 2.24) is 4.90 Å². The second-order valence-corrected chi connectivity index (χ2v) is 4.93. The third kappa shape index (κ3) is 4.07. The Balaban J connectivity index is 2.68. The van der Waals surface area contributed by atoms with Crippen LogP contribution in [0, 0.1) is 5.82 Å². The molecule has 0 aliphatic heterocycles. The third-order valence-electron chi connectivity index (χ3n) is 3.48. The van der Waals surface area contributed by atoms with Crippen LogP contribution in [0.1, 0.15) is 38.7 Å². The van der Waals surface area contributed by atoms with Crippen molar-refractivity contribution in [3.63, 3.8) is 0 Å². The Labute approximate surface area is 110 Å². The van der Waals surface area contributed by atoms with Gasteiger partial charge in [0.15, 0.2) is 0 Å². The van der Waals surface area contributed by atoms with Crippen LogP contribution in [-0.4, -0.2) is 24.0 Å². The van der Waals surface area contributed by atoms with E-state index in [9.17, 15) is 4.39 Å². The number of nitrogens with zero attached hydrogens (tertiary/aromatic N) is 1. The van der Waals surface area contributed by atoms with E-state index in [0.29, 0.717) is 12.6 Å². The fourth-order valence-electron chi connectivity index (χ4n) is 2.48. The van der Waals surface area contributed by atoms with E-state index in [2.05, 4.69) is 18.7 Å². The van der Waals surface area contributed by atoms with Crippen LogP contribution < -0.4 is 5.73 Å². The molecule has 18 heavy (non-hydrogen) atoms. The first-order valence-electron chi connectivity index (χ1n) is 6.79.